The molecular formula is C16H19BN2O. The lowest BCUT2D eigenvalue weighted by Crippen LogP contribution is -2.41. The third-order valence-corrected chi connectivity index (χ3v) is 3.01. The predicted octanol–water partition coefficient (Wildman–Crippen LogP) is 0.781. The monoisotopic (exact) mass is 266 g/mol. The van der Waals surface area contributed by atoms with E-state index in [1.54, 1.807) is 0 Å². The van der Waals surface area contributed by atoms with E-state index in [1.165, 1.54) is 0 Å². The van der Waals surface area contributed by atoms with Crippen LogP contribution in [0, 0.1) is 0 Å². The van der Waals surface area contributed by atoms with Gasteiger partial charge in [-0.05, 0) is 17.8 Å². The van der Waals surface area contributed by atoms with E-state index in [4.69, 9.17) is 0 Å². The molecular weight excluding hydrogens is 247 g/mol. The highest BCUT2D eigenvalue weighted by Crippen LogP contribution is 1.89. The van der Waals surface area contributed by atoms with Gasteiger partial charge in [-0.15, -0.1) is 0 Å². The minimum Gasteiger partial charge on any atom is -0.443 e. The van der Waals surface area contributed by atoms with Crippen LogP contribution in [0.2, 0.25) is 0 Å². The van der Waals surface area contributed by atoms with Gasteiger partial charge >= 0.3 is 6.92 Å². The lowest BCUT2D eigenvalue weighted by atomic mass is 9.56. The zero-order valence-electron chi connectivity index (χ0n) is 11.5. The maximum atomic E-state index is 9.99. The summed E-state index contributed by atoms with van der Waals surface area (Å²) < 4.78 is 0. The van der Waals surface area contributed by atoms with E-state index >= 15 is 0 Å². The molecule has 1 aliphatic heterocycles. The van der Waals surface area contributed by atoms with E-state index in [0.717, 1.165) is 10.9 Å². The Morgan fingerprint density at radius 2 is 1.20 bits per heavy atom. The van der Waals surface area contributed by atoms with Crippen LogP contribution in [-0.4, -0.2) is 18.1 Å². The van der Waals surface area contributed by atoms with Gasteiger partial charge in [0, 0.05) is 12.4 Å². The van der Waals surface area contributed by atoms with Gasteiger partial charge < -0.3 is 15.7 Å². The molecule has 3 nitrogen and oxygen atoms in total. The molecule has 2 aromatic carbocycles. The molecule has 0 fully saturated rings. The Morgan fingerprint density at radius 1 is 0.800 bits per heavy atom. The van der Waals surface area contributed by atoms with Crippen molar-refractivity contribution in [1.82, 2.24) is 10.6 Å². The van der Waals surface area contributed by atoms with Gasteiger partial charge in [-0.2, -0.15) is 0 Å². The Balaban J connectivity index is 0.000000205. The van der Waals surface area contributed by atoms with Crippen molar-refractivity contribution in [2.75, 3.05) is 0 Å². The van der Waals surface area contributed by atoms with Crippen LogP contribution in [0.25, 0.3) is 0 Å². The molecule has 1 aliphatic rings. The van der Waals surface area contributed by atoms with Gasteiger partial charge in [-0.1, -0.05) is 60.7 Å². The number of benzene rings is 2. The molecule has 1 heterocycles. The molecule has 0 spiro atoms. The Hall–Kier alpha value is -2.20. The summed E-state index contributed by atoms with van der Waals surface area (Å²) in [5.74, 6) is 0. The van der Waals surface area contributed by atoms with Gasteiger partial charge in [-0.3, -0.25) is 0 Å². The standard InChI is InChI=1S/C12H11BO.C4H8N2/c14-13(11-7-3-1-4-8-11)12-9-5-2-6-10-12;1-4-5-2-3-6-4/h1-10,14H;2-6H,1H3. The minimum atomic E-state index is -0.516. The zero-order valence-corrected chi connectivity index (χ0v) is 11.5. The molecule has 3 rings (SSSR count). The number of nitrogens with one attached hydrogen (secondary N) is 2. The lowest BCUT2D eigenvalue weighted by Gasteiger charge is -2.05. The normalized spacial score (nSPS) is 12.9. The number of rotatable bonds is 2. The van der Waals surface area contributed by atoms with E-state index in [1.807, 2.05) is 73.1 Å². The van der Waals surface area contributed by atoms with Crippen molar-refractivity contribution in [1.29, 1.82) is 0 Å². The average Bonchev–Trinajstić information content (AvgIpc) is 3.00. The molecule has 102 valence electrons. The van der Waals surface area contributed by atoms with Gasteiger partial charge in [0.05, 0.1) is 6.17 Å². The molecule has 0 aliphatic carbocycles. The van der Waals surface area contributed by atoms with Crippen LogP contribution in [0.3, 0.4) is 0 Å². The highest BCUT2D eigenvalue weighted by molar-refractivity contribution is 6.78. The van der Waals surface area contributed by atoms with Gasteiger partial charge in [0.15, 0.2) is 0 Å². The fourth-order valence-electron chi connectivity index (χ4n) is 1.90. The SMILES string of the molecule is CC1NC=CN1.OB(c1ccccc1)c1ccccc1. The summed E-state index contributed by atoms with van der Waals surface area (Å²) in [5.41, 5.74) is 1.86. The molecule has 0 aromatic heterocycles. The zero-order chi connectivity index (χ0) is 14.2. The molecule has 0 amide bonds. The highest BCUT2D eigenvalue weighted by Gasteiger charge is 2.14. The summed E-state index contributed by atoms with van der Waals surface area (Å²) in [6.07, 6.45) is 4.22. The Labute approximate surface area is 120 Å². The maximum Gasteiger partial charge on any atom is 0.358 e. The van der Waals surface area contributed by atoms with Gasteiger partial charge in [0.1, 0.15) is 0 Å². The number of hydrogen-bond acceptors (Lipinski definition) is 3. The third kappa shape index (κ3) is 4.18. The Morgan fingerprint density at radius 3 is 1.50 bits per heavy atom. The second-order valence-electron chi connectivity index (χ2n) is 4.61. The lowest BCUT2D eigenvalue weighted by molar-refractivity contribution is 0.600. The van der Waals surface area contributed by atoms with Crippen molar-refractivity contribution in [2.24, 2.45) is 0 Å². The summed E-state index contributed by atoms with van der Waals surface area (Å²) >= 11 is 0. The van der Waals surface area contributed by atoms with E-state index in [-0.39, 0.29) is 0 Å². The Kier molecular flexibility index (Phi) is 5.27. The molecule has 0 saturated heterocycles. The van der Waals surface area contributed by atoms with E-state index in [0.29, 0.717) is 6.17 Å². The summed E-state index contributed by atoms with van der Waals surface area (Å²) in [6.45, 7) is 1.54. The van der Waals surface area contributed by atoms with Crippen LogP contribution in [0.4, 0.5) is 0 Å². The van der Waals surface area contributed by atoms with E-state index < -0.39 is 6.92 Å². The van der Waals surface area contributed by atoms with Crippen molar-refractivity contribution < 1.29 is 5.02 Å². The minimum absolute atomic E-state index is 0.435. The first-order valence-electron chi connectivity index (χ1n) is 6.72. The van der Waals surface area contributed by atoms with Crippen molar-refractivity contribution in [3.63, 3.8) is 0 Å². The van der Waals surface area contributed by atoms with E-state index in [9.17, 15) is 5.02 Å². The van der Waals surface area contributed by atoms with Gasteiger partial charge in [0.2, 0.25) is 0 Å². The molecule has 20 heavy (non-hydrogen) atoms. The molecule has 0 unspecified atom stereocenters. The Bertz CT molecular complexity index is 483. The first-order valence-corrected chi connectivity index (χ1v) is 6.72. The quantitative estimate of drug-likeness (QED) is 0.704. The molecule has 0 radical (unpaired) electrons. The summed E-state index contributed by atoms with van der Waals surface area (Å²) in [5, 5.41) is 16.0. The van der Waals surface area contributed by atoms with Crippen molar-refractivity contribution in [3.05, 3.63) is 73.1 Å². The number of hydrogen-bond donors (Lipinski definition) is 3. The largest absolute Gasteiger partial charge is 0.443 e. The maximum absolute atomic E-state index is 9.99. The molecule has 0 saturated carbocycles. The predicted molar refractivity (Wildman–Crippen MR) is 85.0 cm³/mol. The van der Waals surface area contributed by atoms with Crippen molar-refractivity contribution >= 4 is 17.8 Å². The van der Waals surface area contributed by atoms with Crippen LogP contribution < -0.4 is 21.6 Å². The van der Waals surface area contributed by atoms with Crippen LogP contribution in [-0.2, 0) is 0 Å². The second-order valence-corrected chi connectivity index (χ2v) is 4.61. The van der Waals surface area contributed by atoms with Crippen molar-refractivity contribution in [3.8, 4) is 0 Å². The smallest absolute Gasteiger partial charge is 0.358 e. The molecule has 0 atom stereocenters. The van der Waals surface area contributed by atoms with Crippen LogP contribution in [0.1, 0.15) is 6.92 Å². The van der Waals surface area contributed by atoms with Crippen LogP contribution >= 0.6 is 0 Å². The van der Waals surface area contributed by atoms with E-state index in [2.05, 4.69) is 17.6 Å². The summed E-state index contributed by atoms with van der Waals surface area (Å²) in [6, 6.07) is 19.3. The first kappa shape index (κ1) is 14.2. The fraction of sp³-hybridized carbons (Fsp3) is 0.125. The van der Waals surface area contributed by atoms with Crippen molar-refractivity contribution in [2.45, 2.75) is 13.1 Å². The van der Waals surface area contributed by atoms with Crippen LogP contribution in [0.15, 0.2) is 73.1 Å². The average molecular weight is 266 g/mol. The fourth-order valence-corrected chi connectivity index (χ4v) is 1.90. The third-order valence-electron chi connectivity index (χ3n) is 3.01. The second kappa shape index (κ2) is 7.41. The summed E-state index contributed by atoms with van der Waals surface area (Å²) in [4.78, 5) is 0. The van der Waals surface area contributed by atoms with Gasteiger partial charge in [0.25, 0.3) is 0 Å². The molecule has 0 bridgehead atoms. The van der Waals surface area contributed by atoms with Gasteiger partial charge in [-0.25, -0.2) is 0 Å². The summed E-state index contributed by atoms with van der Waals surface area (Å²) in [7, 11) is 0. The van der Waals surface area contributed by atoms with Crippen LogP contribution in [0.5, 0.6) is 0 Å². The highest BCUT2D eigenvalue weighted by atomic mass is 16.2. The molecule has 2 aromatic rings. The molecule has 4 heteroatoms. The topological polar surface area (TPSA) is 44.3 Å². The first-order chi connectivity index (χ1) is 9.77. The molecule has 3 N–H and O–H groups in total.